The van der Waals surface area contributed by atoms with Gasteiger partial charge in [0, 0.05) is 45.3 Å². The van der Waals surface area contributed by atoms with Gasteiger partial charge in [-0.05, 0) is 57.3 Å². The summed E-state index contributed by atoms with van der Waals surface area (Å²) < 4.78 is 5.39. The molecule has 5 heteroatoms. The third kappa shape index (κ3) is 3.44. The van der Waals surface area contributed by atoms with Gasteiger partial charge < -0.3 is 14.5 Å². The Hall–Kier alpha value is -1.10. The van der Waals surface area contributed by atoms with Crippen LogP contribution in [-0.2, 0) is 14.3 Å². The molecule has 2 amide bonds. The summed E-state index contributed by atoms with van der Waals surface area (Å²) >= 11 is 0. The van der Waals surface area contributed by atoms with Crippen LogP contribution in [0.25, 0.3) is 0 Å². The summed E-state index contributed by atoms with van der Waals surface area (Å²) in [6.07, 6.45) is 9.43. The van der Waals surface area contributed by atoms with Gasteiger partial charge in [-0.25, -0.2) is 0 Å². The van der Waals surface area contributed by atoms with E-state index in [0.717, 1.165) is 70.6 Å². The zero-order chi connectivity index (χ0) is 17.3. The Labute approximate surface area is 151 Å². The van der Waals surface area contributed by atoms with Crippen LogP contribution in [0.1, 0.15) is 57.8 Å². The Morgan fingerprint density at radius 2 is 1.76 bits per heavy atom. The Balaban J connectivity index is 1.35. The summed E-state index contributed by atoms with van der Waals surface area (Å²) in [5, 5.41) is 0. The van der Waals surface area contributed by atoms with Crippen molar-refractivity contribution in [3.63, 3.8) is 0 Å². The van der Waals surface area contributed by atoms with Gasteiger partial charge >= 0.3 is 0 Å². The van der Waals surface area contributed by atoms with Gasteiger partial charge in [0.25, 0.3) is 0 Å². The SMILES string of the molecule is O=C(C1CCOCC1)N1CCCC2(CC1)CCN(CC1CCC1)C2=O. The van der Waals surface area contributed by atoms with Crippen molar-refractivity contribution in [3.05, 3.63) is 0 Å². The van der Waals surface area contributed by atoms with Crippen LogP contribution >= 0.6 is 0 Å². The highest BCUT2D eigenvalue weighted by atomic mass is 16.5. The molecule has 0 bridgehead atoms. The fourth-order valence-corrected chi connectivity index (χ4v) is 5.14. The van der Waals surface area contributed by atoms with Gasteiger partial charge in [0.15, 0.2) is 0 Å². The minimum Gasteiger partial charge on any atom is -0.381 e. The highest BCUT2D eigenvalue weighted by Crippen LogP contribution is 2.43. The van der Waals surface area contributed by atoms with Crippen molar-refractivity contribution in [3.8, 4) is 0 Å². The van der Waals surface area contributed by atoms with E-state index in [2.05, 4.69) is 4.90 Å². The highest BCUT2D eigenvalue weighted by molar-refractivity contribution is 5.85. The fraction of sp³-hybridized carbons (Fsp3) is 0.900. The van der Waals surface area contributed by atoms with E-state index in [0.29, 0.717) is 25.0 Å². The van der Waals surface area contributed by atoms with Gasteiger partial charge in [0.05, 0.1) is 5.41 Å². The summed E-state index contributed by atoms with van der Waals surface area (Å²) in [6.45, 7) is 4.92. The first-order chi connectivity index (χ1) is 12.2. The monoisotopic (exact) mass is 348 g/mol. The van der Waals surface area contributed by atoms with Crippen molar-refractivity contribution in [2.45, 2.75) is 57.8 Å². The Kier molecular flexibility index (Phi) is 5.03. The van der Waals surface area contributed by atoms with Crippen LogP contribution in [0.4, 0.5) is 0 Å². The average Bonchev–Trinajstić information content (AvgIpc) is 2.78. The van der Waals surface area contributed by atoms with Gasteiger partial charge in [0.1, 0.15) is 0 Å². The molecule has 3 heterocycles. The standard InChI is InChI=1S/C20H32N2O3/c23-18(17-5-13-25-14-6-17)21-10-2-7-20(8-11-21)9-12-22(19(20)24)15-16-3-1-4-16/h16-17H,1-15H2. The van der Waals surface area contributed by atoms with Crippen molar-refractivity contribution in [2.24, 2.45) is 17.3 Å². The van der Waals surface area contributed by atoms with Crippen LogP contribution in [0.3, 0.4) is 0 Å². The normalized spacial score (nSPS) is 32.1. The average molecular weight is 348 g/mol. The molecule has 1 spiro atoms. The maximum absolute atomic E-state index is 13.1. The van der Waals surface area contributed by atoms with E-state index in [-0.39, 0.29) is 11.3 Å². The first-order valence-corrected chi connectivity index (χ1v) is 10.3. The maximum atomic E-state index is 13.1. The minimum atomic E-state index is -0.172. The molecule has 3 saturated heterocycles. The van der Waals surface area contributed by atoms with Crippen LogP contribution in [-0.4, -0.2) is 61.0 Å². The molecule has 3 aliphatic heterocycles. The van der Waals surface area contributed by atoms with E-state index < -0.39 is 0 Å². The number of carbonyl (C=O) groups excluding carboxylic acids is 2. The molecule has 1 atom stereocenters. The fourth-order valence-electron chi connectivity index (χ4n) is 5.14. The molecule has 5 nitrogen and oxygen atoms in total. The number of carbonyl (C=O) groups is 2. The van der Waals surface area contributed by atoms with Gasteiger partial charge in [-0.1, -0.05) is 6.42 Å². The second-order valence-corrected chi connectivity index (χ2v) is 8.64. The van der Waals surface area contributed by atoms with Gasteiger partial charge in [-0.2, -0.15) is 0 Å². The van der Waals surface area contributed by atoms with Crippen molar-refractivity contribution in [1.29, 1.82) is 0 Å². The van der Waals surface area contributed by atoms with Gasteiger partial charge in [0.2, 0.25) is 11.8 Å². The Morgan fingerprint density at radius 3 is 2.48 bits per heavy atom. The third-order valence-corrected chi connectivity index (χ3v) is 7.13. The molecule has 4 aliphatic rings. The van der Waals surface area contributed by atoms with Crippen molar-refractivity contribution in [1.82, 2.24) is 9.80 Å². The highest BCUT2D eigenvalue weighted by Gasteiger charge is 2.47. The lowest BCUT2D eigenvalue weighted by Crippen LogP contribution is -2.41. The van der Waals surface area contributed by atoms with E-state index in [1.807, 2.05) is 4.90 Å². The molecule has 0 aromatic rings. The van der Waals surface area contributed by atoms with E-state index >= 15 is 0 Å². The van der Waals surface area contributed by atoms with Crippen LogP contribution in [0.15, 0.2) is 0 Å². The molecule has 4 rings (SSSR count). The van der Waals surface area contributed by atoms with Gasteiger partial charge in [-0.15, -0.1) is 0 Å². The van der Waals surface area contributed by atoms with Crippen LogP contribution < -0.4 is 0 Å². The first kappa shape index (κ1) is 17.3. The van der Waals surface area contributed by atoms with Crippen molar-refractivity contribution in [2.75, 3.05) is 39.4 Å². The number of rotatable bonds is 3. The number of ether oxygens (including phenoxy) is 1. The van der Waals surface area contributed by atoms with Gasteiger partial charge in [-0.3, -0.25) is 9.59 Å². The summed E-state index contributed by atoms with van der Waals surface area (Å²) in [5.41, 5.74) is -0.172. The lowest BCUT2D eigenvalue weighted by atomic mass is 9.79. The Bertz CT molecular complexity index is 513. The third-order valence-electron chi connectivity index (χ3n) is 7.13. The van der Waals surface area contributed by atoms with Crippen molar-refractivity contribution < 1.29 is 14.3 Å². The molecule has 25 heavy (non-hydrogen) atoms. The van der Waals surface area contributed by atoms with Crippen LogP contribution in [0.2, 0.25) is 0 Å². The number of nitrogens with zero attached hydrogens (tertiary/aromatic N) is 2. The quantitative estimate of drug-likeness (QED) is 0.787. The van der Waals surface area contributed by atoms with E-state index in [1.165, 1.54) is 19.3 Å². The summed E-state index contributed by atoms with van der Waals surface area (Å²) in [5.74, 6) is 1.57. The van der Waals surface area contributed by atoms with Crippen LogP contribution in [0.5, 0.6) is 0 Å². The second kappa shape index (κ2) is 7.26. The molecule has 0 aromatic carbocycles. The summed E-state index contributed by atoms with van der Waals surface area (Å²) in [7, 11) is 0. The molecule has 1 unspecified atom stereocenters. The number of likely N-dealkylation sites (tertiary alicyclic amines) is 2. The summed E-state index contributed by atoms with van der Waals surface area (Å²) in [4.78, 5) is 30.1. The summed E-state index contributed by atoms with van der Waals surface area (Å²) in [6, 6.07) is 0. The zero-order valence-electron chi connectivity index (χ0n) is 15.4. The smallest absolute Gasteiger partial charge is 0.228 e. The van der Waals surface area contributed by atoms with E-state index in [4.69, 9.17) is 4.74 Å². The molecule has 1 aliphatic carbocycles. The maximum Gasteiger partial charge on any atom is 0.228 e. The van der Waals surface area contributed by atoms with Crippen molar-refractivity contribution >= 4 is 11.8 Å². The number of hydrogen-bond donors (Lipinski definition) is 0. The second-order valence-electron chi connectivity index (χ2n) is 8.64. The molecule has 140 valence electrons. The molecular weight excluding hydrogens is 316 g/mol. The first-order valence-electron chi connectivity index (χ1n) is 10.3. The minimum absolute atomic E-state index is 0.136. The molecule has 0 aromatic heterocycles. The molecule has 4 fully saturated rings. The van der Waals surface area contributed by atoms with E-state index in [9.17, 15) is 9.59 Å². The van der Waals surface area contributed by atoms with Crippen LogP contribution in [0, 0.1) is 17.3 Å². The lowest BCUT2D eigenvalue weighted by Gasteiger charge is -2.32. The Morgan fingerprint density at radius 1 is 1.00 bits per heavy atom. The molecule has 0 radical (unpaired) electrons. The predicted octanol–water partition coefficient (Wildman–Crippen LogP) is 2.44. The number of hydrogen-bond acceptors (Lipinski definition) is 3. The molecular formula is C20H32N2O3. The zero-order valence-corrected chi connectivity index (χ0v) is 15.4. The largest absolute Gasteiger partial charge is 0.381 e. The lowest BCUT2D eigenvalue weighted by molar-refractivity contribution is -0.140. The number of amides is 2. The predicted molar refractivity (Wildman–Crippen MR) is 94.9 cm³/mol. The molecule has 1 saturated carbocycles. The topological polar surface area (TPSA) is 49.9 Å². The van der Waals surface area contributed by atoms with E-state index in [1.54, 1.807) is 0 Å². The molecule has 0 N–H and O–H groups in total.